The summed E-state index contributed by atoms with van der Waals surface area (Å²) in [6.07, 6.45) is 1.78. The van der Waals surface area contributed by atoms with Crippen molar-refractivity contribution in [1.29, 1.82) is 5.26 Å². The third-order valence-corrected chi connectivity index (χ3v) is 4.72. The quantitative estimate of drug-likeness (QED) is 0.729. The van der Waals surface area contributed by atoms with E-state index in [0.717, 1.165) is 35.4 Å². The molecule has 130 valence electrons. The Bertz CT molecular complexity index is 981. The van der Waals surface area contributed by atoms with Gasteiger partial charge in [0, 0.05) is 31.9 Å². The molecule has 0 atom stereocenters. The summed E-state index contributed by atoms with van der Waals surface area (Å²) in [5, 5.41) is 9.04. The molecule has 0 bridgehead atoms. The Morgan fingerprint density at radius 3 is 2.81 bits per heavy atom. The van der Waals surface area contributed by atoms with Crippen LogP contribution in [0.4, 0.5) is 5.69 Å². The zero-order valence-electron chi connectivity index (χ0n) is 14.3. The molecule has 0 N–H and O–H groups in total. The van der Waals surface area contributed by atoms with Gasteiger partial charge in [0.25, 0.3) is 0 Å². The summed E-state index contributed by atoms with van der Waals surface area (Å²) < 4.78 is 5.23. The molecule has 1 aliphatic rings. The van der Waals surface area contributed by atoms with E-state index in [2.05, 4.69) is 16.0 Å². The highest BCUT2D eigenvalue weighted by Gasteiger charge is 2.21. The van der Waals surface area contributed by atoms with Gasteiger partial charge >= 0.3 is 0 Å². The molecule has 0 aliphatic carbocycles. The molecular weight excluding hydrogens is 328 g/mol. The number of nitriles is 1. The topological polar surface area (TPSA) is 73.4 Å². The van der Waals surface area contributed by atoms with Crippen LogP contribution in [-0.2, 0) is 11.2 Å². The van der Waals surface area contributed by atoms with E-state index in [4.69, 9.17) is 9.68 Å². The van der Waals surface area contributed by atoms with E-state index in [1.165, 1.54) is 6.39 Å². The summed E-state index contributed by atoms with van der Waals surface area (Å²) in [5.41, 5.74) is 4.14. The number of carbonyl (C=O) groups excluding carboxylic acids is 1. The molecule has 6 heteroatoms. The van der Waals surface area contributed by atoms with Gasteiger partial charge in [-0.05, 0) is 35.9 Å². The number of nitrogens with zero attached hydrogens (tertiary/aromatic N) is 4. The Morgan fingerprint density at radius 2 is 2.00 bits per heavy atom. The van der Waals surface area contributed by atoms with Gasteiger partial charge in [-0.3, -0.25) is 4.79 Å². The fraction of sp³-hybridized carbons (Fsp3) is 0.250. The number of benzene rings is 2. The first kappa shape index (κ1) is 16.2. The largest absolute Gasteiger partial charge is 0.443 e. The molecule has 6 nitrogen and oxygen atoms in total. The lowest BCUT2D eigenvalue weighted by Gasteiger charge is -2.36. The van der Waals surface area contributed by atoms with Gasteiger partial charge in [0.15, 0.2) is 12.0 Å². The molecule has 2 heterocycles. The van der Waals surface area contributed by atoms with E-state index in [1.54, 1.807) is 6.07 Å². The summed E-state index contributed by atoms with van der Waals surface area (Å²) in [7, 11) is 0. The van der Waals surface area contributed by atoms with Crippen LogP contribution in [0.5, 0.6) is 0 Å². The van der Waals surface area contributed by atoms with Crippen molar-refractivity contribution in [1.82, 2.24) is 9.88 Å². The zero-order chi connectivity index (χ0) is 17.9. The van der Waals surface area contributed by atoms with Gasteiger partial charge in [-0.1, -0.05) is 12.1 Å². The Morgan fingerprint density at radius 1 is 1.15 bits per heavy atom. The molecule has 1 aromatic heterocycles. The predicted molar refractivity (Wildman–Crippen MR) is 97.7 cm³/mol. The lowest BCUT2D eigenvalue weighted by Crippen LogP contribution is -2.49. The third kappa shape index (κ3) is 3.24. The normalized spacial score (nSPS) is 14.4. The molecule has 1 amide bonds. The maximum absolute atomic E-state index is 12.6. The summed E-state index contributed by atoms with van der Waals surface area (Å²) in [4.78, 5) is 20.9. The van der Waals surface area contributed by atoms with Crippen molar-refractivity contribution in [2.45, 2.75) is 6.42 Å². The smallest absolute Gasteiger partial charge is 0.227 e. The van der Waals surface area contributed by atoms with Gasteiger partial charge < -0.3 is 14.2 Å². The van der Waals surface area contributed by atoms with Crippen molar-refractivity contribution in [2.75, 3.05) is 31.1 Å². The second kappa shape index (κ2) is 6.89. The first-order chi connectivity index (χ1) is 12.7. The minimum atomic E-state index is 0.123. The molecule has 1 fully saturated rings. The standard InChI is InChI=1S/C20H18N4O2/c21-13-16-2-1-3-17(10-16)23-6-8-24(9-7-23)20(25)12-15-4-5-19-18(11-15)22-14-26-19/h1-5,10-11,14H,6-9,12H2. The molecule has 1 saturated heterocycles. The third-order valence-electron chi connectivity index (χ3n) is 4.72. The number of aromatic nitrogens is 1. The Labute approximate surface area is 151 Å². The van der Waals surface area contributed by atoms with Gasteiger partial charge in [0.1, 0.15) is 5.52 Å². The van der Waals surface area contributed by atoms with Crippen LogP contribution in [-0.4, -0.2) is 42.0 Å². The molecule has 0 unspecified atom stereocenters. The SMILES string of the molecule is N#Cc1cccc(N2CCN(C(=O)Cc3ccc4ocnc4c3)CC2)c1. The van der Waals surface area contributed by atoms with Crippen molar-refractivity contribution in [3.05, 3.63) is 60.0 Å². The summed E-state index contributed by atoms with van der Waals surface area (Å²) in [6.45, 7) is 2.90. The monoisotopic (exact) mass is 346 g/mol. The summed E-state index contributed by atoms with van der Waals surface area (Å²) in [6, 6.07) is 15.4. The van der Waals surface area contributed by atoms with Crippen LogP contribution in [0, 0.1) is 11.3 Å². The van der Waals surface area contributed by atoms with E-state index in [-0.39, 0.29) is 5.91 Å². The summed E-state index contributed by atoms with van der Waals surface area (Å²) in [5.74, 6) is 0.123. The van der Waals surface area contributed by atoms with Crippen LogP contribution < -0.4 is 4.90 Å². The number of fused-ring (bicyclic) bond motifs is 1. The molecule has 2 aromatic carbocycles. The predicted octanol–water partition coefficient (Wildman–Crippen LogP) is 2.59. The number of amides is 1. The second-order valence-electron chi connectivity index (χ2n) is 6.36. The average molecular weight is 346 g/mol. The fourth-order valence-electron chi connectivity index (χ4n) is 3.29. The number of hydrogen-bond donors (Lipinski definition) is 0. The van der Waals surface area contributed by atoms with Gasteiger partial charge in [0.05, 0.1) is 18.1 Å². The molecule has 0 spiro atoms. The maximum Gasteiger partial charge on any atom is 0.227 e. The van der Waals surface area contributed by atoms with E-state index in [9.17, 15) is 4.79 Å². The van der Waals surface area contributed by atoms with Gasteiger partial charge in [0.2, 0.25) is 5.91 Å². The van der Waals surface area contributed by atoms with Crippen LogP contribution in [0.15, 0.2) is 53.3 Å². The van der Waals surface area contributed by atoms with Gasteiger partial charge in [-0.2, -0.15) is 5.26 Å². The molecule has 4 rings (SSSR count). The van der Waals surface area contributed by atoms with Crippen molar-refractivity contribution >= 4 is 22.7 Å². The lowest BCUT2D eigenvalue weighted by atomic mass is 10.1. The molecular formula is C20H18N4O2. The number of hydrogen-bond acceptors (Lipinski definition) is 5. The lowest BCUT2D eigenvalue weighted by molar-refractivity contribution is -0.130. The highest BCUT2D eigenvalue weighted by Crippen LogP contribution is 2.19. The second-order valence-corrected chi connectivity index (χ2v) is 6.36. The minimum Gasteiger partial charge on any atom is -0.443 e. The number of carbonyl (C=O) groups is 1. The van der Waals surface area contributed by atoms with Crippen LogP contribution in [0.25, 0.3) is 11.1 Å². The van der Waals surface area contributed by atoms with E-state index in [0.29, 0.717) is 25.1 Å². The number of rotatable bonds is 3. The minimum absolute atomic E-state index is 0.123. The highest BCUT2D eigenvalue weighted by molar-refractivity contribution is 5.81. The molecule has 26 heavy (non-hydrogen) atoms. The first-order valence-electron chi connectivity index (χ1n) is 8.58. The summed E-state index contributed by atoms with van der Waals surface area (Å²) >= 11 is 0. The van der Waals surface area contributed by atoms with Crippen LogP contribution in [0.3, 0.4) is 0 Å². The molecule has 0 saturated carbocycles. The van der Waals surface area contributed by atoms with E-state index < -0.39 is 0 Å². The number of anilines is 1. The fourth-order valence-corrected chi connectivity index (χ4v) is 3.29. The molecule has 1 aliphatic heterocycles. The molecule has 3 aromatic rings. The van der Waals surface area contributed by atoms with Crippen LogP contribution in [0.1, 0.15) is 11.1 Å². The van der Waals surface area contributed by atoms with Crippen LogP contribution >= 0.6 is 0 Å². The first-order valence-corrected chi connectivity index (χ1v) is 8.58. The van der Waals surface area contributed by atoms with Crippen molar-refractivity contribution in [2.24, 2.45) is 0 Å². The zero-order valence-corrected chi connectivity index (χ0v) is 14.3. The Hall–Kier alpha value is -3.33. The number of piperazine rings is 1. The van der Waals surface area contributed by atoms with Gasteiger partial charge in [-0.15, -0.1) is 0 Å². The van der Waals surface area contributed by atoms with Gasteiger partial charge in [-0.25, -0.2) is 4.98 Å². The Kier molecular flexibility index (Phi) is 4.28. The van der Waals surface area contributed by atoms with E-state index >= 15 is 0 Å². The maximum atomic E-state index is 12.6. The van der Waals surface area contributed by atoms with Crippen LogP contribution in [0.2, 0.25) is 0 Å². The number of oxazole rings is 1. The average Bonchev–Trinajstić information content (AvgIpc) is 3.16. The van der Waals surface area contributed by atoms with E-state index in [1.807, 2.05) is 41.3 Å². The van der Waals surface area contributed by atoms with Crippen molar-refractivity contribution in [3.8, 4) is 6.07 Å². The van der Waals surface area contributed by atoms with Crippen molar-refractivity contribution < 1.29 is 9.21 Å². The molecule has 0 radical (unpaired) electrons. The Balaban J connectivity index is 1.37. The highest BCUT2D eigenvalue weighted by atomic mass is 16.3. The van der Waals surface area contributed by atoms with Crippen molar-refractivity contribution in [3.63, 3.8) is 0 Å².